The Hall–Kier alpha value is -1.07. The quantitative estimate of drug-likeness (QED) is 0.874. The van der Waals surface area contributed by atoms with Crippen LogP contribution < -0.4 is 5.73 Å². The van der Waals surface area contributed by atoms with Crippen LogP contribution in [0.5, 0.6) is 0 Å². The summed E-state index contributed by atoms with van der Waals surface area (Å²) in [6.45, 7) is 3.90. The lowest BCUT2D eigenvalue weighted by atomic mass is 10.2. The highest BCUT2D eigenvalue weighted by Gasteiger charge is 2.06. The molecule has 0 aliphatic heterocycles. The molecule has 0 spiro atoms. The number of benzene rings is 1. The number of nitrogens with zero attached hydrogens (tertiary/aromatic N) is 2. The van der Waals surface area contributed by atoms with Crippen LogP contribution in [0.2, 0.25) is 0 Å². The zero-order chi connectivity index (χ0) is 13.1. The number of nitrogens with two attached hydrogens (primary N) is 1. The molecule has 2 N–H and O–H groups in total. The maximum Gasteiger partial charge on any atom is 0.141 e. The number of halogens is 1. The van der Waals surface area contributed by atoms with Crippen LogP contribution in [0, 0.1) is 13.8 Å². The van der Waals surface area contributed by atoms with Crippen molar-refractivity contribution in [2.45, 2.75) is 24.5 Å². The van der Waals surface area contributed by atoms with Crippen molar-refractivity contribution in [1.29, 1.82) is 0 Å². The Bertz CT molecular complexity index is 549. The van der Waals surface area contributed by atoms with Crippen LogP contribution in [0.25, 0.3) is 0 Å². The summed E-state index contributed by atoms with van der Waals surface area (Å²) in [6, 6.07) is 8.11. The summed E-state index contributed by atoms with van der Waals surface area (Å²) >= 11 is 5.22. The molecule has 18 heavy (non-hydrogen) atoms. The van der Waals surface area contributed by atoms with Gasteiger partial charge >= 0.3 is 0 Å². The molecular formula is C13H14BrN3S. The smallest absolute Gasteiger partial charge is 0.141 e. The van der Waals surface area contributed by atoms with Crippen molar-refractivity contribution in [1.82, 2.24) is 9.97 Å². The third-order valence-corrected chi connectivity index (χ3v) is 4.69. The van der Waals surface area contributed by atoms with E-state index in [-0.39, 0.29) is 0 Å². The van der Waals surface area contributed by atoms with E-state index >= 15 is 0 Å². The van der Waals surface area contributed by atoms with Gasteiger partial charge in [0.1, 0.15) is 11.6 Å². The molecule has 0 aliphatic rings. The second kappa shape index (κ2) is 5.71. The van der Waals surface area contributed by atoms with Crippen molar-refractivity contribution >= 4 is 33.5 Å². The van der Waals surface area contributed by atoms with Gasteiger partial charge in [0, 0.05) is 20.6 Å². The van der Waals surface area contributed by atoms with Gasteiger partial charge in [0.15, 0.2) is 0 Å². The molecular weight excluding hydrogens is 310 g/mol. The van der Waals surface area contributed by atoms with Gasteiger partial charge in [-0.05, 0) is 41.9 Å². The number of thioether (sulfide) groups is 1. The van der Waals surface area contributed by atoms with Gasteiger partial charge in [0.05, 0.1) is 5.75 Å². The fourth-order valence-corrected chi connectivity index (χ4v) is 2.90. The molecule has 94 valence electrons. The summed E-state index contributed by atoms with van der Waals surface area (Å²) in [4.78, 5) is 9.94. The highest BCUT2D eigenvalue weighted by atomic mass is 79.9. The third kappa shape index (κ3) is 3.03. The van der Waals surface area contributed by atoms with Gasteiger partial charge in [-0.25, -0.2) is 9.97 Å². The fraction of sp³-hybridized carbons (Fsp3) is 0.231. The number of nitrogen functional groups attached to an aromatic ring is 1. The standard InChI is InChI=1S/C13H14BrN3S/c1-8-9(2)16-12(17-13(8)15)7-18-11-6-4-3-5-10(11)14/h3-6H,7H2,1-2H3,(H2,15,16,17). The second-order valence-electron chi connectivity index (χ2n) is 3.95. The summed E-state index contributed by atoms with van der Waals surface area (Å²) in [5, 5.41) is 0. The molecule has 0 saturated heterocycles. The van der Waals surface area contributed by atoms with Gasteiger partial charge in [-0.15, -0.1) is 11.8 Å². The first-order chi connectivity index (χ1) is 8.58. The lowest BCUT2D eigenvalue weighted by molar-refractivity contribution is 0.981. The first-order valence-electron chi connectivity index (χ1n) is 5.55. The highest BCUT2D eigenvalue weighted by molar-refractivity contribution is 9.10. The largest absolute Gasteiger partial charge is 0.383 e. The number of anilines is 1. The molecule has 0 fully saturated rings. The maximum atomic E-state index is 5.85. The van der Waals surface area contributed by atoms with E-state index in [1.807, 2.05) is 32.0 Å². The number of hydrogen-bond donors (Lipinski definition) is 1. The van der Waals surface area contributed by atoms with E-state index in [2.05, 4.69) is 32.0 Å². The molecule has 0 bridgehead atoms. The average molecular weight is 324 g/mol. The Morgan fingerprint density at radius 1 is 1.22 bits per heavy atom. The van der Waals surface area contributed by atoms with E-state index in [1.165, 1.54) is 4.90 Å². The molecule has 5 heteroatoms. The van der Waals surface area contributed by atoms with Gasteiger partial charge < -0.3 is 5.73 Å². The lowest BCUT2D eigenvalue weighted by Crippen LogP contribution is -2.03. The van der Waals surface area contributed by atoms with Crippen LogP contribution in [0.4, 0.5) is 5.82 Å². The number of rotatable bonds is 3. The van der Waals surface area contributed by atoms with Crippen molar-refractivity contribution in [3.05, 3.63) is 45.8 Å². The summed E-state index contributed by atoms with van der Waals surface area (Å²) in [6.07, 6.45) is 0. The predicted molar refractivity (Wildman–Crippen MR) is 79.6 cm³/mol. The highest BCUT2D eigenvalue weighted by Crippen LogP contribution is 2.29. The van der Waals surface area contributed by atoms with E-state index in [9.17, 15) is 0 Å². The zero-order valence-electron chi connectivity index (χ0n) is 10.3. The molecule has 0 amide bonds. The minimum Gasteiger partial charge on any atom is -0.383 e. The SMILES string of the molecule is Cc1nc(CSc2ccccc2Br)nc(N)c1C. The molecule has 1 aromatic carbocycles. The first kappa shape index (κ1) is 13.4. The van der Waals surface area contributed by atoms with E-state index in [1.54, 1.807) is 11.8 Å². The van der Waals surface area contributed by atoms with Gasteiger partial charge in [0.2, 0.25) is 0 Å². The van der Waals surface area contributed by atoms with Crippen LogP contribution in [0.15, 0.2) is 33.6 Å². The summed E-state index contributed by atoms with van der Waals surface area (Å²) in [7, 11) is 0. The number of aryl methyl sites for hydroxylation is 1. The number of aromatic nitrogens is 2. The first-order valence-corrected chi connectivity index (χ1v) is 7.32. The Kier molecular flexibility index (Phi) is 4.24. The Morgan fingerprint density at radius 3 is 2.61 bits per heavy atom. The Morgan fingerprint density at radius 2 is 1.94 bits per heavy atom. The predicted octanol–water partition coefficient (Wildman–Crippen LogP) is 3.73. The summed E-state index contributed by atoms with van der Waals surface area (Å²) in [5.74, 6) is 2.06. The second-order valence-corrected chi connectivity index (χ2v) is 5.83. The van der Waals surface area contributed by atoms with Gasteiger partial charge in [-0.1, -0.05) is 12.1 Å². The zero-order valence-corrected chi connectivity index (χ0v) is 12.7. The van der Waals surface area contributed by atoms with Gasteiger partial charge in [-0.2, -0.15) is 0 Å². The fourth-order valence-electron chi connectivity index (χ4n) is 1.48. The monoisotopic (exact) mass is 323 g/mol. The molecule has 3 nitrogen and oxygen atoms in total. The third-order valence-electron chi connectivity index (χ3n) is 2.67. The molecule has 2 aromatic rings. The minimum absolute atomic E-state index is 0.574. The van der Waals surface area contributed by atoms with E-state index in [0.29, 0.717) is 11.6 Å². The summed E-state index contributed by atoms with van der Waals surface area (Å²) in [5.41, 5.74) is 7.76. The van der Waals surface area contributed by atoms with Crippen LogP contribution in [0.1, 0.15) is 17.1 Å². The molecule has 0 aliphatic carbocycles. The molecule has 0 radical (unpaired) electrons. The maximum absolute atomic E-state index is 5.85. The van der Waals surface area contributed by atoms with E-state index in [0.717, 1.165) is 21.6 Å². The van der Waals surface area contributed by atoms with Crippen LogP contribution >= 0.6 is 27.7 Å². The van der Waals surface area contributed by atoms with Crippen molar-refractivity contribution in [3.8, 4) is 0 Å². The van der Waals surface area contributed by atoms with E-state index in [4.69, 9.17) is 5.73 Å². The van der Waals surface area contributed by atoms with Crippen LogP contribution in [-0.2, 0) is 5.75 Å². The summed E-state index contributed by atoms with van der Waals surface area (Å²) < 4.78 is 1.09. The number of hydrogen-bond acceptors (Lipinski definition) is 4. The van der Waals surface area contributed by atoms with Crippen LogP contribution in [-0.4, -0.2) is 9.97 Å². The Labute approximate surface area is 119 Å². The van der Waals surface area contributed by atoms with Gasteiger partial charge in [0.25, 0.3) is 0 Å². The lowest BCUT2D eigenvalue weighted by Gasteiger charge is -2.07. The topological polar surface area (TPSA) is 51.8 Å². The molecule has 0 saturated carbocycles. The molecule has 0 atom stereocenters. The molecule has 1 heterocycles. The Balaban J connectivity index is 2.14. The molecule has 1 aromatic heterocycles. The van der Waals surface area contributed by atoms with Crippen molar-refractivity contribution in [2.75, 3.05) is 5.73 Å². The minimum atomic E-state index is 0.574. The van der Waals surface area contributed by atoms with Crippen molar-refractivity contribution < 1.29 is 0 Å². The van der Waals surface area contributed by atoms with Gasteiger partial charge in [-0.3, -0.25) is 0 Å². The molecule has 0 unspecified atom stereocenters. The average Bonchev–Trinajstić information content (AvgIpc) is 2.35. The van der Waals surface area contributed by atoms with Crippen molar-refractivity contribution in [2.24, 2.45) is 0 Å². The molecule has 2 rings (SSSR count). The van der Waals surface area contributed by atoms with Crippen molar-refractivity contribution in [3.63, 3.8) is 0 Å². The normalized spacial score (nSPS) is 10.6. The van der Waals surface area contributed by atoms with E-state index < -0.39 is 0 Å². The van der Waals surface area contributed by atoms with Crippen LogP contribution in [0.3, 0.4) is 0 Å².